The largest absolute Gasteiger partial charge is 0.496 e. The Morgan fingerprint density at radius 3 is 2.65 bits per heavy atom. The highest BCUT2D eigenvalue weighted by Gasteiger charge is 2.42. The van der Waals surface area contributed by atoms with E-state index in [0.717, 1.165) is 28.1 Å². The van der Waals surface area contributed by atoms with Crippen LogP contribution < -0.4 is 15.0 Å². The number of aryl methyl sites for hydroxylation is 1. The molecule has 176 valence electrons. The lowest BCUT2D eigenvalue weighted by atomic mass is 9.85. The van der Waals surface area contributed by atoms with Crippen LogP contribution in [0.3, 0.4) is 0 Å². The number of methoxy groups -OCH3 is 1. The highest BCUT2D eigenvalue weighted by molar-refractivity contribution is 7.14. The number of fused-ring (bicyclic) bond motifs is 1. The van der Waals surface area contributed by atoms with Crippen LogP contribution in [0.25, 0.3) is 11.3 Å². The second-order valence-electron chi connectivity index (χ2n) is 8.93. The molecule has 0 radical (unpaired) electrons. The standard InChI is InChI=1S/C26H27N3O4S/c1-15-6-10-22(33-5)17(12-15)21(30)9-11-23(31)28-25-27-19(14-34-25)16-7-8-20-18(13-16)26(2,3)24(32)29(20)4/h6-8,10,12-14H,9,11H2,1-5H3,(H,27,28,31). The zero-order valence-corrected chi connectivity index (χ0v) is 20.7. The molecule has 0 atom stereocenters. The van der Waals surface area contributed by atoms with E-state index in [1.807, 2.05) is 50.4 Å². The van der Waals surface area contributed by atoms with Crippen LogP contribution in [0.2, 0.25) is 0 Å². The number of nitrogens with zero attached hydrogens (tertiary/aromatic N) is 2. The molecule has 8 heteroatoms. The number of likely N-dealkylation sites (N-methyl/N-ethyl adjacent to an activating group) is 1. The van der Waals surface area contributed by atoms with Gasteiger partial charge >= 0.3 is 0 Å². The maximum atomic E-state index is 12.6. The van der Waals surface area contributed by atoms with E-state index in [1.54, 1.807) is 24.1 Å². The average molecular weight is 478 g/mol. The number of ketones is 1. The Labute approximate surface area is 202 Å². The molecule has 4 rings (SSSR count). The summed E-state index contributed by atoms with van der Waals surface area (Å²) >= 11 is 1.32. The van der Waals surface area contributed by atoms with Gasteiger partial charge in [0.05, 0.1) is 23.8 Å². The number of benzene rings is 2. The Morgan fingerprint density at radius 1 is 1.15 bits per heavy atom. The smallest absolute Gasteiger partial charge is 0.236 e. The zero-order chi connectivity index (χ0) is 24.6. The number of Topliss-reactive ketones (excluding diaryl/α,β-unsaturated/α-hetero) is 1. The van der Waals surface area contributed by atoms with Crippen LogP contribution in [-0.2, 0) is 15.0 Å². The van der Waals surface area contributed by atoms with Gasteiger partial charge in [0.15, 0.2) is 10.9 Å². The molecule has 0 saturated carbocycles. The van der Waals surface area contributed by atoms with Gasteiger partial charge in [-0.2, -0.15) is 0 Å². The van der Waals surface area contributed by atoms with Crippen molar-refractivity contribution in [1.29, 1.82) is 0 Å². The number of thiazole rings is 1. The molecule has 0 bridgehead atoms. The van der Waals surface area contributed by atoms with Crippen molar-refractivity contribution in [1.82, 2.24) is 4.98 Å². The lowest BCUT2D eigenvalue weighted by Gasteiger charge is -2.16. The number of aromatic nitrogens is 1. The minimum atomic E-state index is -0.598. The van der Waals surface area contributed by atoms with E-state index in [2.05, 4.69) is 10.3 Å². The molecule has 3 aromatic rings. The number of ether oxygens (including phenoxy) is 1. The van der Waals surface area contributed by atoms with E-state index in [0.29, 0.717) is 16.4 Å². The van der Waals surface area contributed by atoms with Crippen molar-refractivity contribution in [3.8, 4) is 17.0 Å². The predicted octanol–water partition coefficient (Wildman–Crippen LogP) is 4.98. The molecule has 2 aromatic carbocycles. The molecule has 2 amide bonds. The van der Waals surface area contributed by atoms with Crippen molar-refractivity contribution in [3.05, 3.63) is 58.5 Å². The van der Waals surface area contributed by atoms with Crippen molar-refractivity contribution in [3.63, 3.8) is 0 Å². The first-order valence-corrected chi connectivity index (χ1v) is 11.9. The second kappa shape index (κ2) is 9.02. The van der Waals surface area contributed by atoms with E-state index < -0.39 is 5.41 Å². The van der Waals surface area contributed by atoms with E-state index in [4.69, 9.17) is 4.74 Å². The Kier molecular flexibility index (Phi) is 6.27. The summed E-state index contributed by atoms with van der Waals surface area (Å²) < 4.78 is 5.27. The monoisotopic (exact) mass is 477 g/mol. The van der Waals surface area contributed by atoms with Gasteiger partial charge in [-0.05, 0) is 50.6 Å². The summed E-state index contributed by atoms with van der Waals surface area (Å²) in [5, 5.41) is 5.12. The summed E-state index contributed by atoms with van der Waals surface area (Å²) in [6.07, 6.45) is 0.123. The van der Waals surface area contributed by atoms with Crippen LogP contribution in [0, 0.1) is 6.92 Å². The molecule has 0 spiro atoms. The summed E-state index contributed by atoms with van der Waals surface area (Å²) in [7, 11) is 3.30. The van der Waals surface area contributed by atoms with Crippen LogP contribution in [0.4, 0.5) is 10.8 Å². The normalized spacial score (nSPS) is 14.1. The van der Waals surface area contributed by atoms with Crippen molar-refractivity contribution in [2.75, 3.05) is 24.4 Å². The Balaban J connectivity index is 1.42. The molecule has 1 aliphatic rings. The number of hydrogen-bond donors (Lipinski definition) is 1. The molecular weight excluding hydrogens is 450 g/mol. The molecular formula is C26H27N3O4S. The van der Waals surface area contributed by atoms with Gasteiger partial charge < -0.3 is 15.0 Å². The van der Waals surface area contributed by atoms with Crippen LogP contribution >= 0.6 is 11.3 Å². The topological polar surface area (TPSA) is 88.6 Å². The molecule has 34 heavy (non-hydrogen) atoms. The quantitative estimate of drug-likeness (QED) is 0.485. The first-order valence-electron chi connectivity index (χ1n) is 11.0. The predicted molar refractivity (Wildman–Crippen MR) is 134 cm³/mol. The van der Waals surface area contributed by atoms with Crippen LogP contribution in [0.15, 0.2) is 41.8 Å². The summed E-state index contributed by atoms with van der Waals surface area (Å²) in [5.41, 5.74) is 4.30. The molecule has 1 aliphatic heterocycles. The van der Waals surface area contributed by atoms with Crippen LogP contribution in [-0.4, -0.2) is 36.7 Å². The second-order valence-corrected chi connectivity index (χ2v) is 9.79. The van der Waals surface area contributed by atoms with Crippen molar-refractivity contribution in [2.45, 2.75) is 39.0 Å². The third-order valence-corrected chi connectivity index (χ3v) is 6.91. The molecule has 2 heterocycles. The van der Waals surface area contributed by atoms with Gasteiger partial charge in [0.2, 0.25) is 11.8 Å². The van der Waals surface area contributed by atoms with Crippen molar-refractivity contribution >= 4 is 39.8 Å². The number of hydrogen-bond acceptors (Lipinski definition) is 6. The Hall–Kier alpha value is -3.52. The van der Waals surface area contributed by atoms with Gasteiger partial charge in [-0.1, -0.05) is 17.7 Å². The third-order valence-electron chi connectivity index (χ3n) is 6.15. The molecule has 1 N–H and O–H groups in total. The fraction of sp³-hybridized carbons (Fsp3) is 0.308. The van der Waals surface area contributed by atoms with E-state index in [-0.39, 0.29) is 30.4 Å². The highest BCUT2D eigenvalue weighted by Crippen LogP contribution is 2.42. The lowest BCUT2D eigenvalue weighted by Crippen LogP contribution is -2.33. The molecule has 1 aromatic heterocycles. The average Bonchev–Trinajstić information content (AvgIpc) is 3.35. The minimum absolute atomic E-state index is 0.0479. The highest BCUT2D eigenvalue weighted by atomic mass is 32.1. The maximum Gasteiger partial charge on any atom is 0.236 e. The fourth-order valence-corrected chi connectivity index (χ4v) is 4.92. The van der Waals surface area contributed by atoms with Crippen molar-refractivity contribution < 1.29 is 19.1 Å². The fourth-order valence-electron chi connectivity index (χ4n) is 4.18. The lowest BCUT2D eigenvalue weighted by molar-refractivity contribution is -0.121. The number of anilines is 2. The summed E-state index contributed by atoms with van der Waals surface area (Å²) in [4.78, 5) is 43.8. The van der Waals surface area contributed by atoms with Gasteiger partial charge in [-0.25, -0.2) is 4.98 Å². The number of amides is 2. The van der Waals surface area contributed by atoms with Gasteiger partial charge in [0, 0.05) is 36.5 Å². The number of carbonyl (C=O) groups excluding carboxylic acids is 3. The van der Waals surface area contributed by atoms with Gasteiger partial charge in [0.25, 0.3) is 0 Å². The Bertz CT molecular complexity index is 1290. The number of nitrogens with one attached hydrogen (secondary N) is 1. The Morgan fingerprint density at radius 2 is 1.91 bits per heavy atom. The van der Waals surface area contributed by atoms with Gasteiger partial charge in [-0.15, -0.1) is 11.3 Å². The van der Waals surface area contributed by atoms with Gasteiger partial charge in [0.1, 0.15) is 5.75 Å². The van der Waals surface area contributed by atoms with E-state index in [9.17, 15) is 14.4 Å². The molecule has 7 nitrogen and oxygen atoms in total. The molecule has 0 aliphatic carbocycles. The minimum Gasteiger partial charge on any atom is -0.496 e. The van der Waals surface area contributed by atoms with Crippen molar-refractivity contribution in [2.24, 2.45) is 0 Å². The molecule has 0 fully saturated rings. The molecule has 0 saturated heterocycles. The zero-order valence-electron chi connectivity index (χ0n) is 19.9. The summed E-state index contributed by atoms with van der Waals surface area (Å²) in [5.74, 6) is 0.147. The van der Waals surface area contributed by atoms with Crippen LogP contribution in [0.5, 0.6) is 5.75 Å². The number of carbonyl (C=O) groups is 3. The van der Waals surface area contributed by atoms with Gasteiger partial charge in [-0.3, -0.25) is 14.4 Å². The summed E-state index contributed by atoms with van der Waals surface area (Å²) in [6, 6.07) is 11.3. The SMILES string of the molecule is COc1ccc(C)cc1C(=O)CCC(=O)Nc1nc(-c2ccc3c(c2)C(C)(C)C(=O)N3C)cs1. The van der Waals surface area contributed by atoms with Crippen LogP contribution in [0.1, 0.15) is 48.2 Å². The molecule has 0 unspecified atom stereocenters. The number of rotatable bonds is 7. The third kappa shape index (κ3) is 4.33. The first-order chi connectivity index (χ1) is 16.1. The summed E-state index contributed by atoms with van der Waals surface area (Å²) in [6.45, 7) is 5.74. The maximum absolute atomic E-state index is 12.6. The van der Waals surface area contributed by atoms with E-state index in [1.165, 1.54) is 18.4 Å². The van der Waals surface area contributed by atoms with E-state index >= 15 is 0 Å². The first kappa shape index (κ1) is 23.6.